The molecule has 1 heterocycles. The SMILES string of the molecule is COC(=O)[C@@H](Cc1ccccn1)NC(=O)c1ccc(Cl)cc1N=[N+]=[N-]. The second kappa shape index (κ2) is 8.68. The Bertz CT molecular complexity index is 822. The lowest BCUT2D eigenvalue weighted by molar-refractivity contribution is -0.142. The van der Waals surface area contributed by atoms with Crippen molar-refractivity contribution in [1.82, 2.24) is 10.3 Å². The lowest BCUT2D eigenvalue weighted by atomic mass is 10.1. The number of hydrogen-bond donors (Lipinski definition) is 1. The van der Waals surface area contributed by atoms with Crippen LogP contribution in [0.2, 0.25) is 5.02 Å². The summed E-state index contributed by atoms with van der Waals surface area (Å²) in [5, 5.41) is 6.34. The molecule has 1 aromatic heterocycles. The molecule has 0 bridgehead atoms. The van der Waals surface area contributed by atoms with Gasteiger partial charge in [-0.2, -0.15) is 0 Å². The average molecular weight is 360 g/mol. The van der Waals surface area contributed by atoms with Crippen LogP contribution >= 0.6 is 11.6 Å². The van der Waals surface area contributed by atoms with Crippen molar-refractivity contribution in [3.05, 3.63) is 69.3 Å². The number of nitrogens with zero attached hydrogens (tertiary/aromatic N) is 4. The molecule has 128 valence electrons. The number of carbonyl (C=O) groups excluding carboxylic acids is 2. The monoisotopic (exact) mass is 359 g/mol. The van der Waals surface area contributed by atoms with E-state index in [0.29, 0.717) is 10.7 Å². The van der Waals surface area contributed by atoms with E-state index in [1.54, 1.807) is 24.4 Å². The zero-order chi connectivity index (χ0) is 18.2. The van der Waals surface area contributed by atoms with E-state index in [-0.39, 0.29) is 17.7 Å². The molecular formula is C16H14ClN5O3. The van der Waals surface area contributed by atoms with Gasteiger partial charge in [-0.25, -0.2) is 4.79 Å². The molecule has 1 amide bonds. The van der Waals surface area contributed by atoms with E-state index in [4.69, 9.17) is 21.9 Å². The van der Waals surface area contributed by atoms with Gasteiger partial charge in [-0.1, -0.05) is 22.8 Å². The van der Waals surface area contributed by atoms with Crippen LogP contribution in [-0.2, 0) is 16.0 Å². The zero-order valence-electron chi connectivity index (χ0n) is 13.2. The van der Waals surface area contributed by atoms with Gasteiger partial charge in [-0.05, 0) is 35.9 Å². The van der Waals surface area contributed by atoms with Crippen molar-refractivity contribution in [2.45, 2.75) is 12.5 Å². The minimum atomic E-state index is -0.943. The molecule has 0 unspecified atom stereocenters. The van der Waals surface area contributed by atoms with Crippen molar-refractivity contribution in [2.24, 2.45) is 5.11 Å². The number of rotatable bonds is 6. The Kier molecular flexibility index (Phi) is 6.33. The van der Waals surface area contributed by atoms with E-state index in [0.717, 1.165) is 0 Å². The zero-order valence-corrected chi connectivity index (χ0v) is 14.0. The highest BCUT2D eigenvalue weighted by Gasteiger charge is 2.24. The fraction of sp³-hybridized carbons (Fsp3) is 0.188. The molecule has 1 N–H and O–H groups in total. The molecule has 8 nitrogen and oxygen atoms in total. The van der Waals surface area contributed by atoms with E-state index < -0.39 is 17.9 Å². The van der Waals surface area contributed by atoms with Crippen LogP contribution in [0.4, 0.5) is 5.69 Å². The Labute approximate surface area is 148 Å². The molecule has 0 fully saturated rings. The van der Waals surface area contributed by atoms with Crippen molar-refractivity contribution < 1.29 is 14.3 Å². The smallest absolute Gasteiger partial charge is 0.328 e. The van der Waals surface area contributed by atoms with E-state index in [1.165, 1.54) is 25.3 Å². The van der Waals surface area contributed by atoms with Gasteiger partial charge < -0.3 is 10.1 Å². The number of azide groups is 1. The number of halogens is 1. The number of nitrogens with one attached hydrogen (secondary N) is 1. The van der Waals surface area contributed by atoms with E-state index in [9.17, 15) is 9.59 Å². The number of hydrogen-bond acceptors (Lipinski definition) is 5. The number of methoxy groups -OCH3 is 1. The number of carbonyl (C=O) groups is 2. The molecule has 2 rings (SSSR count). The molecule has 25 heavy (non-hydrogen) atoms. The summed E-state index contributed by atoms with van der Waals surface area (Å²) in [6, 6.07) is 8.57. The first kappa shape index (κ1) is 18.3. The maximum atomic E-state index is 12.5. The third-order valence-corrected chi connectivity index (χ3v) is 3.52. The number of aromatic nitrogens is 1. The minimum Gasteiger partial charge on any atom is -0.467 e. The van der Waals surface area contributed by atoms with Gasteiger partial charge in [0.25, 0.3) is 5.91 Å². The molecule has 0 saturated carbocycles. The topological polar surface area (TPSA) is 117 Å². The number of esters is 1. The van der Waals surface area contributed by atoms with Crippen LogP contribution in [0.1, 0.15) is 16.1 Å². The van der Waals surface area contributed by atoms with Gasteiger partial charge in [-0.15, -0.1) is 0 Å². The van der Waals surface area contributed by atoms with Gasteiger partial charge in [0.05, 0.1) is 12.8 Å². The number of amides is 1. The average Bonchev–Trinajstić information content (AvgIpc) is 2.61. The summed E-state index contributed by atoms with van der Waals surface area (Å²) in [6.07, 6.45) is 1.74. The predicted octanol–water partition coefficient (Wildman–Crippen LogP) is 3.19. The van der Waals surface area contributed by atoms with E-state index in [1.807, 2.05) is 0 Å². The normalized spacial score (nSPS) is 11.1. The summed E-state index contributed by atoms with van der Waals surface area (Å²) in [4.78, 5) is 31.3. The van der Waals surface area contributed by atoms with Gasteiger partial charge in [0.15, 0.2) is 0 Å². The highest BCUT2D eigenvalue weighted by molar-refractivity contribution is 6.31. The predicted molar refractivity (Wildman–Crippen MR) is 91.5 cm³/mol. The van der Waals surface area contributed by atoms with Gasteiger partial charge in [-0.3, -0.25) is 9.78 Å². The maximum Gasteiger partial charge on any atom is 0.328 e. The summed E-state index contributed by atoms with van der Waals surface area (Å²) in [6.45, 7) is 0. The summed E-state index contributed by atoms with van der Waals surface area (Å²) >= 11 is 5.85. The van der Waals surface area contributed by atoms with Crippen LogP contribution in [0, 0.1) is 0 Å². The molecular weight excluding hydrogens is 346 g/mol. The largest absolute Gasteiger partial charge is 0.467 e. The van der Waals surface area contributed by atoms with Crippen molar-refractivity contribution >= 4 is 29.2 Å². The summed E-state index contributed by atoms with van der Waals surface area (Å²) in [7, 11) is 1.23. The lowest BCUT2D eigenvalue weighted by Gasteiger charge is -2.17. The van der Waals surface area contributed by atoms with E-state index >= 15 is 0 Å². The van der Waals surface area contributed by atoms with Crippen LogP contribution in [0.25, 0.3) is 10.4 Å². The van der Waals surface area contributed by atoms with Crippen molar-refractivity contribution in [1.29, 1.82) is 0 Å². The Hall–Kier alpha value is -3.09. The molecule has 0 spiro atoms. The molecule has 1 aromatic carbocycles. The number of pyridine rings is 1. The molecule has 0 aliphatic rings. The van der Waals surface area contributed by atoms with Crippen molar-refractivity contribution in [3.63, 3.8) is 0 Å². The van der Waals surface area contributed by atoms with Gasteiger partial charge in [0, 0.05) is 33.8 Å². The number of benzene rings is 1. The van der Waals surface area contributed by atoms with Crippen LogP contribution in [0.3, 0.4) is 0 Å². The number of ether oxygens (including phenoxy) is 1. The van der Waals surface area contributed by atoms with Crippen LogP contribution in [-0.4, -0.2) is 30.0 Å². The van der Waals surface area contributed by atoms with Crippen molar-refractivity contribution in [3.8, 4) is 0 Å². The second-order valence-corrected chi connectivity index (χ2v) is 5.36. The highest BCUT2D eigenvalue weighted by atomic mass is 35.5. The first-order chi connectivity index (χ1) is 12.0. The second-order valence-electron chi connectivity index (χ2n) is 4.93. The standard InChI is InChI=1S/C16H14ClN5O3/c1-25-16(24)14(9-11-4-2-3-7-19-11)20-15(23)12-6-5-10(17)8-13(12)21-22-18/h2-8,14H,9H2,1H3,(H,20,23)/t14-/m1/s1. The molecule has 9 heteroatoms. The molecule has 2 aromatic rings. The molecule has 1 atom stereocenters. The van der Waals surface area contributed by atoms with Crippen molar-refractivity contribution in [2.75, 3.05) is 7.11 Å². The third-order valence-electron chi connectivity index (χ3n) is 3.29. The Balaban J connectivity index is 2.25. The van der Waals surface area contributed by atoms with Gasteiger partial charge >= 0.3 is 5.97 Å². The summed E-state index contributed by atoms with van der Waals surface area (Å²) < 4.78 is 4.73. The summed E-state index contributed by atoms with van der Waals surface area (Å²) in [5.74, 6) is -1.20. The van der Waals surface area contributed by atoms with E-state index in [2.05, 4.69) is 20.3 Å². The summed E-state index contributed by atoms with van der Waals surface area (Å²) in [5.41, 5.74) is 9.39. The van der Waals surface area contributed by atoms with Crippen LogP contribution in [0.5, 0.6) is 0 Å². The Morgan fingerprint density at radius 1 is 1.40 bits per heavy atom. The molecule has 0 aliphatic carbocycles. The molecule has 0 radical (unpaired) electrons. The van der Waals surface area contributed by atoms with Gasteiger partial charge in [0.1, 0.15) is 6.04 Å². The first-order valence-corrected chi connectivity index (χ1v) is 7.56. The lowest BCUT2D eigenvalue weighted by Crippen LogP contribution is -2.43. The molecule has 0 aliphatic heterocycles. The van der Waals surface area contributed by atoms with Gasteiger partial charge in [0.2, 0.25) is 0 Å². The Morgan fingerprint density at radius 3 is 2.84 bits per heavy atom. The molecule has 0 saturated heterocycles. The maximum absolute atomic E-state index is 12.5. The Morgan fingerprint density at radius 2 is 2.20 bits per heavy atom. The van der Waals surface area contributed by atoms with Crippen LogP contribution < -0.4 is 5.32 Å². The fourth-order valence-electron chi connectivity index (χ4n) is 2.13. The van der Waals surface area contributed by atoms with Crippen LogP contribution in [0.15, 0.2) is 47.7 Å². The highest BCUT2D eigenvalue weighted by Crippen LogP contribution is 2.24. The first-order valence-electron chi connectivity index (χ1n) is 7.18. The minimum absolute atomic E-state index is 0.0638. The fourth-order valence-corrected chi connectivity index (χ4v) is 2.29. The quantitative estimate of drug-likeness (QED) is 0.369. The third kappa shape index (κ3) is 4.94.